The molecule has 2 aromatic carbocycles. The molecule has 32 heavy (non-hydrogen) atoms. The molecule has 1 aromatic heterocycles. The Morgan fingerprint density at radius 3 is 2.53 bits per heavy atom. The number of carbonyl (C=O) groups is 2. The largest absolute Gasteiger partial charge is 0.450 e. The van der Waals surface area contributed by atoms with Crippen molar-refractivity contribution >= 4 is 28.5 Å². The Morgan fingerprint density at radius 1 is 1.03 bits per heavy atom. The first-order chi connectivity index (χ1) is 15.4. The smallest absolute Gasteiger partial charge is 0.291 e. The molecule has 7 heteroatoms. The van der Waals surface area contributed by atoms with Gasteiger partial charge in [-0.15, -0.1) is 0 Å². The third-order valence-electron chi connectivity index (χ3n) is 6.25. The lowest BCUT2D eigenvalue weighted by Crippen LogP contribution is -2.53. The van der Waals surface area contributed by atoms with Crippen LogP contribution in [0.2, 0.25) is 0 Å². The van der Waals surface area contributed by atoms with Crippen LogP contribution in [-0.2, 0) is 15.1 Å². The van der Waals surface area contributed by atoms with E-state index in [1.54, 1.807) is 31.3 Å². The van der Waals surface area contributed by atoms with Gasteiger partial charge in [0.1, 0.15) is 5.58 Å². The molecule has 3 aromatic rings. The van der Waals surface area contributed by atoms with E-state index in [0.717, 1.165) is 0 Å². The van der Waals surface area contributed by atoms with Crippen molar-refractivity contribution in [1.82, 2.24) is 4.90 Å². The molecule has 7 nitrogen and oxygen atoms in total. The highest BCUT2D eigenvalue weighted by Crippen LogP contribution is 2.52. The predicted octanol–water partition coefficient (Wildman–Crippen LogP) is 3.28. The first kappa shape index (κ1) is 20.5. The van der Waals surface area contributed by atoms with Gasteiger partial charge in [-0.05, 0) is 38.5 Å². The van der Waals surface area contributed by atoms with E-state index in [2.05, 4.69) is 0 Å². The molecule has 164 valence electrons. The number of carbonyl (C=O) groups excluding carboxylic acids is 2. The van der Waals surface area contributed by atoms with Gasteiger partial charge in [0.05, 0.1) is 17.1 Å². The lowest BCUT2D eigenvalue weighted by Gasteiger charge is -2.34. The Morgan fingerprint density at radius 2 is 1.75 bits per heavy atom. The summed E-state index contributed by atoms with van der Waals surface area (Å²) >= 11 is 0. The Bertz CT molecular complexity index is 1310. The third-order valence-corrected chi connectivity index (χ3v) is 6.25. The zero-order valence-corrected chi connectivity index (χ0v) is 18.3. The van der Waals surface area contributed by atoms with E-state index in [1.165, 1.54) is 9.80 Å². The van der Waals surface area contributed by atoms with Gasteiger partial charge < -0.3 is 19.0 Å². The molecule has 5 rings (SSSR count). The number of amides is 2. The number of likely N-dealkylation sites (N-methyl/N-ethyl adjacent to an activating group) is 1. The van der Waals surface area contributed by atoms with E-state index >= 15 is 0 Å². The van der Waals surface area contributed by atoms with Crippen LogP contribution in [0, 0.1) is 0 Å². The van der Waals surface area contributed by atoms with Crippen LogP contribution in [0.4, 0.5) is 5.69 Å². The summed E-state index contributed by atoms with van der Waals surface area (Å²) in [6.07, 6.45) is 0.580. The van der Waals surface area contributed by atoms with E-state index < -0.39 is 11.4 Å². The molecule has 1 spiro atoms. The number of benzene rings is 2. The number of para-hydroxylation sites is 2. The summed E-state index contributed by atoms with van der Waals surface area (Å²) in [7, 11) is 1.67. The average Bonchev–Trinajstić information content (AvgIpc) is 3.16. The van der Waals surface area contributed by atoms with Gasteiger partial charge in [-0.1, -0.05) is 30.3 Å². The van der Waals surface area contributed by atoms with Gasteiger partial charge >= 0.3 is 0 Å². The number of fused-ring (bicyclic) bond motifs is 5. The van der Waals surface area contributed by atoms with E-state index in [0.29, 0.717) is 35.2 Å². The highest BCUT2D eigenvalue weighted by Gasteiger charge is 2.64. The molecular formula is C25H24N2O5. The second-order valence-corrected chi connectivity index (χ2v) is 8.45. The van der Waals surface area contributed by atoms with Crippen LogP contribution in [0.3, 0.4) is 0 Å². The van der Waals surface area contributed by atoms with Crippen molar-refractivity contribution in [2.75, 3.05) is 25.1 Å². The number of nitrogens with zero attached hydrogens (tertiary/aromatic N) is 2. The summed E-state index contributed by atoms with van der Waals surface area (Å²) in [5, 5.41) is 0.350. The van der Waals surface area contributed by atoms with E-state index in [1.807, 2.05) is 38.1 Å². The SMILES string of the molecule is CC(C)OCCCN1C(=O)c2oc3ccccc3c(=O)c2[C@]12C(=O)N(C)c1ccccc12. The van der Waals surface area contributed by atoms with Crippen LogP contribution < -0.4 is 10.3 Å². The zero-order valence-electron chi connectivity index (χ0n) is 18.3. The first-order valence-electron chi connectivity index (χ1n) is 10.8. The Balaban J connectivity index is 1.76. The normalized spacial score (nSPS) is 19.5. The van der Waals surface area contributed by atoms with E-state index in [4.69, 9.17) is 9.15 Å². The van der Waals surface area contributed by atoms with E-state index in [9.17, 15) is 14.4 Å². The average molecular weight is 432 g/mol. The molecule has 3 heterocycles. The van der Waals surface area contributed by atoms with Gasteiger partial charge in [0.15, 0.2) is 11.0 Å². The topological polar surface area (TPSA) is 80.1 Å². The second-order valence-electron chi connectivity index (χ2n) is 8.45. The van der Waals surface area contributed by atoms with Crippen LogP contribution in [0.25, 0.3) is 11.0 Å². The number of hydrogen-bond donors (Lipinski definition) is 0. The molecule has 0 saturated carbocycles. The van der Waals surface area contributed by atoms with Crippen LogP contribution in [0.1, 0.15) is 41.9 Å². The Hall–Kier alpha value is -3.45. The van der Waals surface area contributed by atoms with Crippen LogP contribution in [0.5, 0.6) is 0 Å². The maximum absolute atomic E-state index is 13.9. The highest BCUT2D eigenvalue weighted by atomic mass is 16.5. The molecule has 0 N–H and O–H groups in total. The van der Waals surface area contributed by atoms with Crippen molar-refractivity contribution in [3.63, 3.8) is 0 Å². The number of rotatable bonds is 5. The summed E-state index contributed by atoms with van der Waals surface area (Å²) in [6.45, 7) is 4.57. The van der Waals surface area contributed by atoms with Gasteiger partial charge in [-0.3, -0.25) is 14.4 Å². The minimum Gasteiger partial charge on any atom is -0.450 e. The molecule has 2 aliphatic heterocycles. The standard InChI is InChI=1S/C25H24N2O5/c1-15(2)31-14-8-13-27-23(29)22-20(21(28)16-9-4-7-12-19(16)32-22)25(27)17-10-5-6-11-18(17)26(3)24(25)30/h4-7,9-12,15H,8,13-14H2,1-3H3/t25-/m1/s1. The Labute approximate surface area is 185 Å². The number of hydrogen-bond acceptors (Lipinski definition) is 5. The van der Waals surface area contributed by atoms with Crippen molar-refractivity contribution in [3.8, 4) is 0 Å². The van der Waals surface area contributed by atoms with Crippen molar-refractivity contribution in [2.24, 2.45) is 0 Å². The summed E-state index contributed by atoms with van der Waals surface area (Å²) in [5.41, 5.74) is -0.166. The summed E-state index contributed by atoms with van der Waals surface area (Å²) < 4.78 is 11.6. The van der Waals surface area contributed by atoms with Crippen LogP contribution in [0.15, 0.2) is 57.7 Å². The fraction of sp³-hybridized carbons (Fsp3) is 0.320. The lowest BCUT2D eigenvalue weighted by atomic mass is 9.84. The molecule has 0 radical (unpaired) electrons. The van der Waals surface area contributed by atoms with Crippen LogP contribution >= 0.6 is 0 Å². The maximum atomic E-state index is 13.9. The minimum absolute atomic E-state index is 0.0584. The molecule has 0 bridgehead atoms. The zero-order chi connectivity index (χ0) is 22.6. The Kier molecular flexibility index (Phi) is 4.67. The molecule has 2 amide bonds. The maximum Gasteiger partial charge on any atom is 0.291 e. The molecule has 1 atom stereocenters. The fourth-order valence-corrected chi connectivity index (χ4v) is 4.88. The molecule has 2 aliphatic rings. The van der Waals surface area contributed by atoms with Gasteiger partial charge in [-0.2, -0.15) is 0 Å². The van der Waals surface area contributed by atoms with Crippen molar-refractivity contribution < 1.29 is 18.7 Å². The van der Waals surface area contributed by atoms with Crippen molar-refractivity contribution in [3.05, 3.63) is 75.6 Å². The minimum atomic E-state index is -1.54. The molecular weight excluding hydrogens is 408 g/mol. The number of ether oxygens (including phenoxy) is 1. The number of anilines is 1. The molecule has 0 unspecified atom stereocenters. The van der Waals surface area contributed by atoms with Gasteiger partial charge in [0.2, 0.25) is 5.76 Å². The first-order valence-corrected chi connectivity index (χ1v) is 10.8. The third kappa shape index (κ3) is 2.61. The molecule has 0 aliphatic carbocycles. The predicted molar refractivity (Wildman–Crippen MR) is 120 cm³/mol. The summed E-state index contributed by atoms with van der Waals surface area (Å²) in [5.74, 6) is -0.846. The fourth-order valence-electron chi connectivity index (χ4n) is 4.88. The van der Waals surface area contributed by atoms with Gasteiger partial charge in [-0.25, -0.2) is 0 Å². The second kappa shape index (κ2) is 7.31. The highest BCUT2D eigenvalue weighted by molar-refractivity contribution is 6.16. The molecule has 0 saturated heterocycles. The van der Waals surface area contributed by atoms with E-state index in [-0.39, 0.29) is 35.3 Å². The monoisotopic (exact) mass is 432 g/mol. The van der Waals surface area contributed by atoms with Gasteiger partial charge in [0, 0.05) is 31.5 Å². The van der Waals surface area contributed by atoms with Gasteiger partial charge in [0.25, 0.3) is 11.8 Å². The molecule has 0 fully saturated rings. The summed E-state index contributed by atoms with van der Waals surface area (Å²) in [6, 6.07) is 14.1. The summed E-state index contributed by atoms with van der Waals surface area (Å²) in [4.78, 5) is 44.2. The lowest BCUT2D eigenvalue weighted by molar-refractivity contribution is -0.125. The van der Waals surface area contributed by atoms with Crippen molar-refractivity contribution in [1.29, 1.82) is 0 Å². The van der Waals surface area contributed by atoms with Crippen molar-refractivity contribution in [2.45, 2.75) is 31.9 Å². The van der Waals surface area contributed by atoms with Crippen LogP contribution in [-0.4, -0.2) is 43.0 Å². The quantitative estimate of drug-likeness (QED) is 0.578.